The number of unbranched alkanes of at least 4 members (excludes halogenated alkanes) is 55. The number of carbonyl (C=O) groups excluding carboxylic acids is 2. The lowest BCUT2D eigenvalue weighted by molar-refractivity contribution is -0.143. The predicted molar refractivity (Wildman–Crippen MR) is 347 cm³/mol. The maximum atomic E-state index is 12.5. The summed E-state index contributed by atoms with van der Waals surface area (Å²) in [6, 6.07) is -0.623. The van der Waals surface area contributed by atoms with Crippen molar-refractivity contribution in [3.63, 3.8) is 0 Å². The van der Waals surface area contributed by atoms with Crippen LogP contribution in [0.5, 0.6) is 0 Å². The van der Waals surface area contributed by atoms with Gasteiger partial charge in [-0.25, -0.2) is 0 Å². The van der Waals surface area contributed by atoms with Gasteiger partial charge in [0.25, 0.3) is 0 Å². The minimum atomic E-state index is -0.840. The Labute approximate surface area is 494 Å². The molecule has 0 aromatic carbocycles. The summed E-state index contributed by atoms with van der Waals surface area (Å²) in [5.41, 5.74) is 0. The maximum absolute atomic E-state index is 12.5. The first kappa shape index (κ1) is 77.3. The van der Waals surface area contributed by atoms with Gasteiger partial charge in [-0.05, 0) is 57.8 Å². The molecule has 0 heterocycles. The second kappa shape index (κ2) is 68.8. The van der Waals surface area contributed by atoms with E-state index in [1.165, 1.54) is 340 Å². The lowest BCUT2D eigenvalue weighted by Gasteiger charge is -2.20. The Morgan fingerprint density at radius 2 is 0.595 bits per heavy atom. The van der Waals surface area contributed by atoms with Gasteiger partial charge in [-0.15, -0.1) is 0 Å². The van der Waals surface area contributed by atoms with Gasteiger partial charge in [0, 0.05) is 12.8 Å². The Kier molecular flexibility index (Phi) is 67.4. The fourth-order valence-electron chi connectivity index (χ4n) is 11.5. The highest BCUT2D eigenvalue weighted by molar-refractivity contribution is 5.76. The van der Waals surface area contributed by atoms with Crippen molar-refractivity contribution in [1.82, 2.24) is 5.32 Å². The summed E-state index contributed by atoms with van der Waals surface area (Å²) in [4.78, 5) is 24.5. The number of amides is 1. The van der Waals surface area contributed by atoms with Gasteiger partial charge in [0.2, 0.25) is 5.91 Å². The van der Waals surface area contributed by atoms with E-state index in [9.17, 15) is 19.8 Å². The van der Waals surface area contributed by atoms with E-state index in [0.717, 1.165) is 38.5 Å². The number of hydrogen-bond donors (Lipinski definition) is 3. The van der Waals surface area contributed by atoms with Gasteiger partial charge in [-0.3, -0.25) is 9.59 Å². The molecular weight excluding hydrogens is 971 g/mol. The molecule has 2 unspecified atom stereocenters. The van der Waals surface area contributed by atoms with Gasteiger partial charge in [-0.2, -0.15) is 0 Å². The SMILES string of the molecule is CCCCCCCCCCCCC/C=C/C(O)C(CO)NC(=O)CCCCCCCCCCCCCCCCCCC/C=C\CCCCCCCCCCCCCCCCCCOC(=O)CCCCCCCCCCCCCC. The third-order valence-electron chi connectivity index (χ3n) is 17.0. The Bertz CT molecular complexity index is 1230. The molecule has 6 nitrogen and oxygen atoms in total. The maximum Gasteiger partial charge on any atom is 0.305 e. The van der Waals surface area contributed by atoms with Crippen molar-refractivity contribution in [1.29, 1.82) is 0 Å². The minimum Gasteiger partial charge on any atom is -0.466 e. The van der Waals surface area contributed by atoms with Crippen molar-refractivity contribution in [2.45, 2.75) is 418 Å². The van der Waals surface area contributed by atoms with E-state index in [1.807, 2.05) is 6.08 Å². The van der Waals surface area contributed by atoms with Crippen LogP contribution in [-0.4, -0.2) is 47.4 Å². The number of nitrogens with one attached hydrogen (secondary N) is 1. The molecule has 0 radical (unpaired) electrons. The topological polar surface area (TPSA) is 95.9 Å². The van der Waals surface area contributed by atoms with Crippen LogP contribution in [0.1, 0.15) is 406 Å². The van der Waals surface area contributed by atoms with Gasteiger partial charge in [0.15, 0.2) is 0 Å². The lowest BCUT2D eigenvalue weighted by Crippen LogP contribution is -2.45. The van der Waals surface area contributed by atoms with E-state index >= 15 is 0 Å². The summed E-state index contributed by atoms with van der Waals surface area (Å²) < 4.78 is 5.49. The Hall–Kier alpha value is -1.66. The lowest BCUT2D eigenvalue weighted by atomic mass is 10.0. The van der Waals surface area contributed by atoms with Crippen molar-refractivity contribution in [2.75, 3.05) is 13.2 Å². The zero-order chi connectivity index (χ0) is 57.1. The summed E-state index contributed by atoms with van der Waals surface area (Å²) in [6.07, 6.45) is 87.1. The number of carbonyl (C=O) groups is 2. The van der Waals surface area contributed by atoms with E-state index < -0.39 is 12.1 Å². The number of ether oxygens (including phenoxy) is 1. The Morgan fingerprint density at radius 3 is 0.899 bits per heavy atom. The molecular formula is C73H141NO5. The van der Waals surface area contributed by atoms with Crippen molar-refractivity contribution in [3.8, 4) is 0 Å². The molecule has 468 valence electrons. The zero-order valence-electron chi connectivity index (χ0n) is 53.6. The quantitative estimate of drug-likeness (QED) is 0.0320. The van der Waals surface area contributed by atoms with Crippen molar-refractivity contribution in [3.05, 3.63) is 24.3 Å². The fourth-order valence-corrected chi connectivity index (χ4v) is 11.5. The van der Waals surface area contributed by atoms with Crippen molar-refractivity contribution in [2.24, 2.45) is 0 Å². The number of hydrogen-bond acceptors (Lipinski definition) is 5. The molecule has 1 amide bonds. The van der Waals surface area contributed by atoms with Gasteiger partial charge in [0.1, 0.15) is 0 Å². The molecule has 0 aliphatic rings. The van der Waals surface area contributed by atoms with Gasteiger partial charge in [0.05, 0.1) is 25.4 Å². The first-order valence-corrected chi connectivity index (χ1v) is 36.1. The highest BCUT2D eigenvalue weighted by atomic mass is 16.5. The van der Waals surface area contributed by atoms with Crippen LogP contribution >= 0.6 is 0 Å². The summed E-state index contributed by atoms with van der Waals surface area (Å²) in [7, 11) is 0. The van der Waals surface area contributed by atoms with Crippen LogP contribution in [0.4, 0.5) is 0 Å². The standard InChI is InChI=1S/C73H141NO5/c1-3-5-7-9-11-13-15-42-45-49-53-57-61-65-71(76)70(69-75)74-72(77)66-62-58-54-50-46-43-40-38-36-34-32-30-28-26-24-22-20-18-17-19-21-23-25-27-29-31-33-35-37-39-41-44-48-52-56-60-64-68-79-73(78)67-63-59-55-51-47-16-14-12-10-8-6-4-2/h17,19,61,65,70-71,75-76H,3-16,18,20-60,62-64,66-69H2,1-2H3,(H,74,77)/b19-17-,65-61+. The number of aliphatic hydroxyl groups is 2. The normalized spacial score (nSPS) is 12.6. The minimum absolute atomic E-state index is 0.0225. The molecule has 0 spiro atoms. The molecule has 0 aliphatic heterocycles. The first-order chi connectivity index (χ1) is 39.0. The van der Waals surface area contributed by atoms with E-state index in [0.29, 0.717) is 19.4 Å². The molecule has 79 heavy (non-hydrogen) atoms. The van der Waals surface area contributed by atoms with Crippen molar-refractivity contribution >= 4 is 11.9 Å². The van der Waals surface area contributed by atoms with Gasteiger partial charge >= 0.3 is 5.97 Å². The fraction of sp³-hybridized carbons (Fsp3) is 0.918. The van der Waals surface area contributed by atoms with E-state index in [4.69, 9.17) is 4.74 Å². The van der Waals surface area contributed by atoms with Gasteiger partial charge in [-0.1, -0.05) is 359 Å². The second-order valence-electron chi connectivity index (χ2n) is 24.9. The third-order valence-corrected chi connectivity index (χ3v) is 17.0. The van der Waals surface area contributed by atoms with E-state index in [-0.39, 0.29) is 18.5 Å². The first-order valence-electron chi connectivity index (χ1n) is 36.1. The average Bonchev–Trinajstić information content (AvgIpc) is 3.45. The molecule has 2 atom stereocenters. The average molecular weight is 1110 g/mol. The molecule has 0 aliphatic carbocycles. The van der Waals surface area contributed by atoms with Crippen molar-refractivity contribution < 1.29 is 24.5 Å². The largest absolute Gasteiger partial charge is 0.466 e. The monoisotopic (exact) mass is 1110 g/mol. The molecule has 0 saturated carbocycles. The van der Waals surface area contributed by atoms with Crippen LogP contribution in [0.25, 0.3) is 0 Å². The highest BCUT2D eigenvalue weighted by Gasteiger charge is 2.18. The number of aliphatic hydroxyl groups excluding tert-OH is 2. The van der Waals surface area contributed by atoms with E-state index in [1.54, 1.807) is 6.08 Å². The van der Waals surface area contributed by atoms with Crippen LogP contribution in [0, 0.1) is 0 Å². The molecule has 3 N–H and O–H groups in total. The zero-order valence-corrected chi connectivity index (χ0v) is 53.6. The number of esters is 1. The molecule has 0 bridgehead atoms. The van der Waals surface area contributed by atoms with Gasteiger partial charge < -0.3 is 20.3 Å². The van der Waals surface area contributed by atoms with Crippen LogP contribution in [0.2, 0.25) is 0 Å². The summed E-state index contributed by atoms with van der Waals surface area (Å²) in [6.45, 7) is 4.93. The summed E-state index contributed by atoms with van der Waals surface area (Å²) in [5.74, 6) is -0.0398. The van der Waals surface area contributed by atoms with Crippen LogP contribution < -0.4 is 5.32 Å². The molecule has 0 fully saturated rings. The van der Waals surface area contributed by atoms with E-state index in [2.05, 4.69) is 31.3 Å². The molecule has 0 aromatic rings. The van der Waals surface area contributed by atoms with Crippen LogP contribution in [-0.2, 0) is 14.3 Å². The smallest absolute Gasteiger partial charge is 0.305 e. The summed E-state index contributed by atoms with van der Waals surface area (Å²) >= 11 is 0. The molecule has 6 heteroatoms. The van der Waals surface area contributed by atoms with Crippen LogP contribution in [0.3, 0.4) is 0 Å². The number of rotatable bonds is 68. The highest BCUT2D eigenvalue weighted by Crippen LogP contribution is 2.19. The Morgan fingerprint density at radius 1 is 0.342 bits per heavy atom. The molecule has 0 aromatic heterocycles. The molecule has 0 rings (SSSR count). The number of allylic oxidation sites excluding steroid dienone is 3. The second-order valence-corrected chi connectivity index (χ2v) is 24.9. The van der Waals surface area contributed by atoms with Crippen LogP contribution in [0.15, 0.2) is 24.3 Å². The Balaban J connectivity index is 3.33. The third kappa shape index (κ3) is 65.4. The summed E-state index contributed by atoms with van der Waals surface area (Å²) in [5, 5.41) is 23.1. The molecule has 0 saturated heterocycles. The predicted octanol–water partition coefficient (Wildman–Crippen LogP) is 23.3.